The Labute approximate surface area is 130 Å². The van der Waals surface area contributed by atoms with Gasteiger partial charge in [0.25, 0.3) is 0 Å². The zero-order valence-electron chi connectivity index (χ0n) is 13.6. The van der Waals surface area contributed by atoms with Gasteiger partial charge in [0.05, 0.1) is 7.11 Å². The van der Waals surface area contributed by atoms with Gasteiger partial charge in [0.15, 0.2) is 0 Å². The first kappa shape index (κ1) is 16.0. The number of aromatic hydroxyl groups is 3. The number of ether oxygens (including phenoxy) is 1. The molecule has 2 aromatic carbocycles. The van der Waals surface area contributed by atoms with Gasteiger partial charge in [-0.1, -0.05) is 20.8 Å². The van der Waals surface area contributed by atoms with Crippen molar-refractivity contribution in [1.29, 1.82) is 0 Å². The lowest BCUT2D eigenvalue weighted by molar-refractivity contribution is 0.411. The number of benzene rings is 2. The highest BCUT2D eigenvalue weighted by atomic mass is 16.5. The molecule has 0 saturated carbocycles. The van der Waals surface area contributed by atoms with Gasteiger partial charge in [-0.2, -0.15) is 0 Å². The van der Waals surface area contributed by atoms with Gasteiger partial charge in [0, 0.05) is 16.7 Å². The summed E-state index contributed by atoms with van der Waals surface area (Å²) < 4.78 is 5.22. The first-order valence-electron chi connectivity index (χ1n) is 7.09. The Hall–Kier alpha value is -2.36. The monoisotopic (exact) mass is 302 g/mol. The van der Waals surface area contributed by atoms with Gasteiger partial charge in [-0.05, 0) is 42.2 Å². The van der Waals surface area contributed by atoms with Crippen LogP contribution >= 0.6 is 0 Å². The lowest BCUT2D eigenvalue weighted by Crippen LogP contribution is -2.11. The largest absolute Gasteiger partial charge is 0.508 e. The summed E-state index contributed by atoms with van der Waals surface area (Å²) >= 11 is 0. The van der Waals surface area contributed by atoms with Gasteiger partial charge in [-0.25, -0.2) is 0 Å². The number of hydrogen-bond acceptors (Lipinski definition) is 4. The average molecular weight is 302 g/mol. The first-order valence-corrected chi connectivity index (χ1v) is 7.09. The van der Waals surface area contributed by atoms with Crippen LogP contribution in [0.1, 0.15) is 31.9 Å². The molecule has 0 aromatic heterocycles. The Morgan fingerprint density at radius 3 is 2.00 bits per heavy atom. The Morgan fingerprint density at radius 2 is 1.45 bits per heavy atom. The Morgan fingerprint density at radius 1 is 0.864 bits per heavy atom. The van der Waals surface area contributed by atoms with E-state index >= 15 is 0 Å². The quantitative estimate of drug-likeness (QED) is 0.731. The highest BCUT2D eigenvalue weighted by molar-refractivity contribution is 5.80. The molecule has 3 N–H and O–H groups in total. The summed E-state index contributed by atoms with van der Waals surface area (Å²) in [5, 5.41) is 31.0. The molecule has 22 heavy (non-hydrogen) atoms. The maximum atomic E-state index is 10.6. The van der Waals surface area contributed by atoms with E-state index in [0.29, 0.717) is 28.0 Å². The number of hydrogen-bond donors (Lipinski definition) is 3. The third-order valence-electron chi connectivity index (χ3n) is 3.70. The molecule has 118 valence electrons. The van der Waals surface area contributed by atoms with Crippen LogP contribution in [0.2, 0.25) is 0 Å². The third-order valence-corrected chi connectivity index (χ3v) is 3.70. The summed E-state index contributed by atoms with van der Waals surface area (Å²) in [7, 11) is 1.54. The maximum Gasteiger partial charge on any atom is 0.127 e. The summed E-state index contributed by atoms with van der Waals surface area (Å²) in [5.74, 6) is 0.720. The van der Waals surface area contributed by atoms with Gasteiger partial charge >= 0.3 is 0 Å². The zero-order chi connectivity index (χ0) is 16.7. The third kappa shape index (κ3) is 2.82. The predicted molar refractivity (Wildman–Crippen MR) is 86.9 cm³/mol. The summed E-state index contributed by atoms with van der Waals surface area (Å²) in [5.41, 5.74) is 1.71. The molecule has 2 rings (SSSR count). The maximum absolute atomic E-state index is 10.6. The number of methoxy groups -OCH3 is 1. The molecule has 0 aliphatic rings. The van der Waals surface area contributed by atoms with Crippen LogP contribution in [0.15, 0.2) is 24.3 Å². The van der Waals surface area contributed by atoms with Crippen molar-refractivity contribution in [3.8, 4) is 34.1 Å². The molecule has 0 radical (unpaired) electrons. The van der Waals surface area contributed by atoms with Crippen LogP contribution in [0.3, 0.4) is 0 Å². The van der Waals surface area contributed by atoms with Crippen LogP contribution in [-0.4, -0.2) is 22.4 Å². The Balaban J connectivity index is 2.79. The fourth-order valence-electron chi connectivity index (χ4n) is 2.47. The van der Waals surface area contributed by atoms with Crippen LogP contribution in [-0.2, 0) is 5.41 Å². The van der Waals surface area contributed by atoms with E-state index in [1.165, 1.54) is 6.07 Å². The molecule has 0 spiro atoms. The van der Waals surface area contributed by atoms with E-state index in [9.17, 15) is 15.3 Å². The van der Waals surface area contributed by atoms with E-state index in [0.717, 1.165) is 0 Å². The summed E-state index contributed by atoms with van der Waals surface area (Å²) in [6.07, 6.45) is 0. The SMILES string of the molecule is COc1cc(C)c(O)c(-c2cc(O)cc(C(C)(C)C)c2O)c1. The molecule has 0 saturated heterocycles. The number of aryl methyl sites for hydroxylation is 1. The van der Waals surface area contributed by atoms with Gasteiger partial charge in [-0.3, -0.25) is 0 Å². The second kappa shape index (κ2) is 5.44. The van der Waals surface area contributed by atoms with E-state index in [2.05, 4.69) is 0 Å². The van der Waals surface area contributed by atoms with Gasteiger partial charge < -0.3 is 20.1 Å². The number of rotatable bonds is 2. The second-order valence-corrected chi connectivity index (χ2v) is 6.48. The normalized spacial score (nSPS) is 11.5. The minimum atomic E-state index is -0.346. The van der Waals surface area contributed by atoms with Crippen molar-refractivity contribution in [2.45, 2.75) is 33.1 Å². The molecule has 2 aromatic rings. The second-order valence-electron chi connectivity index (χ2n) is 6.48. The van der Waals surface area contributed by atoms with E-state index in [1.807, 2.05) is 20.8 Å². The summed E-state index contributed by atoms with van der Waals surface area (Å²) in [4.78, 5) is 0. The van der Waals surface area contributed by atoms with Gasteiger partial charge in [0.2, 0.25) is 0 Å². The molecule has 0 aliphatic heterocycles. The summed E-state index contributed by atoms with van der Waals surface area (Å²) in [6, 6.07) is 6.34. The van der Waals surface area contributed by atoms with Gasteiger partial charge in [-0.15, -0.1) is 0 Å². The van der Waals surface area contributed by atoms with Crippen molar-refractivity contribution in [2.24, 2.45) is 0 Å². The van der Waals surface area contributed by atoms with E-state index in [4.69, 9.17) is 4.74 Å². The van der Waals surface area contributed by atoms with E-state index < -0.39 is 0 Å². The topological polar surface area (TPSA) is 69.9 Å². The highest BCUT2D eigenvalue weighted by Crippen LogP contribution is 2.45. The minimum Gasteiger partial charge on any atom is -0.508 e. The lowest BCUT2D eigenvalue weighted by Gasteiger charge is -2.23. The molecule has 4 nitrogen and oxygen atoms in total. The molecular weight excluding hydrogens is 280 g/mol. The highest BCUT2D eigenvalue weighted by Gasteiger charge is 2.23. The smallest absolute Gasteiger partial charge is 0.127 e. The van der Waals surface area contributed by atoms with Crippen molar-refractivity contribution in [3.63, 3.8) is 0 Å². The standard InChI is InChI=1S/C18H22O4/c1-10-6-12(22-5)9-14(16(10)20)13-7-11(19)8-15(17(13)21)18(2,3)4/h6-9,19-21H,1-5H3. The molecule has 0 heterocycles. The Kier molecular flexibility index (Phi) is 3.96. The molecule has 0 fully saturated rings. The van der Waals surface area contributed by atoms with Crippen molar-refractivity contribution in [3.05, 3.63) is 35.4 Å². The van der Waals surface area contributed by atoms with Crippen LogP contribution in [0.25, 0.3) is 11.1 Å². The molecular formula is C18H22O4. The average Bonchev–Trinajstić information content (AvgIpc) is 2.42. The van der Waals surface area contributed by atoms with Crippen LogP contribution in [0.5, 0.6) is 23.0 Å². The molecule has 0 amide bonds. The van der Waals surface area contributed by atoms with E-state index in [-0.39, 0.29) is 22.7 Å². The molecule has 0 aliphatic carbocycles. The fourth-order valence-corrected chi connectivity index (χ4v) is 2.47. The predicted octanol–water partition coefficient (Wildman–Crippen LogP) is 4.08. The van der Waals surface area contributed by atoms with Crippen molar-refractivity contribution in [1.82, 2.24) is 0 Å². The molecule has 0 bridgehead atoms. The van der Waals surface area contributed by atoms with Crippen LogP contribution < -0.4 is 4.74 Å². The Bertz CT molecular complexity index is 712. The molecule has 0 atom stereocenters. The van der Waals surface area contributed by atoms with Crippen molar-refractivity contribution < 1.29 is 20.1 Å². The van der Waals surface area contributed by atoms with Gasteiger partial charge in [0.1, 0.15) is 23.0 Å². The van der Waals surface area contributed by atoms with Crippen molar-refractivity contribution >= 4 is 0 Å². The summed E-state index contributed by atoms with van der Waals surface area (Å²) in [6.45, 7) is 7.59. The molecule has 0 unspecified atom stereocenters. The first-order chi connectivity index (χ1) is 10.1. The van der Waals surface area contributed by atoms with E-state index in [1.54, 1.807) is 32.2 Å². The minimum absolute atomic E-state index is 0.0394. The number of phenols is 3. The zero-order valence-corrected chi connectivity index (χ0v) is 13.6. The lowest BCUT2D eigenvalue weighted by atomic mass is 9.84. The van der Waals surface area contributed by atoms with Crippen LogP contribution in [0, 0.1) is 6.92 Å². The van der Waals surface area contributed by atoms with Crippen molar-refractivity contribution in [2.75, 3.05) is 7.11 Å². The fraction of sp³-hybridized carbons (Fsp3) is 0.333. The number of phenolic OH excluding ortho intramolecular Hbond substituents is 3. The van der Waals surface area contributed by atoms with Crippen LogP contribution in [0.4, 0.5) is 0 Å². The molecule has 4 heteroatoms.